The fraction of sp³-hybridized carbons (Fsp3) is 0.571. The van der Waals surface area contributed by atoms with E-state index >= 15 is 0 Å². The lowest BCUT2D eigenvalue weighted by molar-refractivity contribution is 0.280. The highest BCUT2D eigenvalue weighted by Gasteiger charge is 2.32. The maximum absolute atomic E-state index is 12.8. The molecule has 1 heterocycles. The van der Waals surface area contributed by atoms with E-state index in [2.05, 4.69) is 5.32 Å². The van der Waals surface area contributed by atoms with E-state index in [1.54, 1.807) is 30.8 Å². The molecular weight excluding hydrogens is 311 g/mol. The fourth-order valence-electron chi connectivity index (χ4n) is 2.31. The van der Waals surface area contributed by atoms with Gasteiger partial charge in [0.2, 0.25) is 0 Å². The molecule has 4 nitrogen and oxygen atoms in total. The number of hydrogen-bond donors (Lipinski definition) is 1. The number of thioether (sulfide) groups is 1. The number of nitrogens with zero attached hydrogens (tertiary/aromatic N) is 1. The van der Waals surface area contributed by atoms with Crippen LogP contribution in [0.3, 0.4) is 0 Å². The van der Waals surface area contributed by atoms with E-state index in [1.807, 2.05) is 4.90 Å². The number of rotatable bonds is 6. The molecule has 1 aliphatic rings. The summed E-state index contributed by atoms with van der Waals surface area (Å²) in [6.45, 7) is 3.80. The second-order valence-electron chi connectivity index (χ2n) is 4.95. The van der Waals surface area contributed by atoms with E-state index in [9.17, 15) is 12.8 Å². The van der Waals surface area contributed by atoms with Crippen LogP contribution in [0.4, 0.5) is 10.1 Å². The van der Waals surface area contributed by atoms with Gasteiger partial charge >= 0.3 is 0 Å². The van der Waals surface area contributed by atoms with Crippen LogP contribution in [-0.4, -0.2) is 55.6 Å². The number of benzene rings is 1. The van der Waals surface area contributed by atoms with Crippen molar-refractivity contribution < 1.29 is 12.8 Å². The predicted molar refractivity (Wildman–Crippen MR) is 87.0 cm³/mol. The topological polar surface area (TPSA) is 49.4 Å². The lowest BCUT2D eigenvalue weighted by Crippen LogP contribution is -2.49. The molecule has 7 heteroatoms. The molecule has 1 atom stereocenters. The third-order valence-corrected chi connectivity index (χ3v) is 6.91. The molecule has 0 aliphatic carbocycles. The van der Waals surface area contributed by atoms with Gasteiger partial charge in [0.05, 0.1) is 0 Å². The SMILES string of the molecule is CCS(=O)(=O)C1CSCCN1CCNc1ccc(F)cc1. The van der Waals surface area contributed by atoms with Gasteiger partial charge in [-0.25, -0.2) is 12.8 Å². The molecule has 0 aromatic heterocycles. The van der Waals surface area contributed by atoms with E-state index in [0.717, 1.165) is 18.0 Å². The first-order valence-electron chi connectivity index (χ1n) is 7.05. The minimum absolute atomic E-state index is 0.181. The average Bonchev–Trinajstić information content (AvgIpc) is 2.50. The summed E-state index contributed by atoms with van der Waals surface area (Å²) in [6, 6.07) is 6.18. The van der Waals surface area contributed by atoms with Crippen molar-refractivity contribution in [3.8, 4) is 0 Å². The predicted octanol–water partition coefficient (Wildman–Crippen LogP) is 2.05. The molecule has 1 aromatic carbocycles. The van der Waals surface area contributed by atoms with Crippen LogP contribution < -0.4 is 5.32 Å². The minimum Gasteiger partial charge on any atom is -0.384 e. The number of halogens is 1. The Balaban J connectivity index is 1.89. The molecule has 21 heavy (non-hydrogen) atoms. The number of nitrogens with one attached hydrogen (secondary N) is 1. The monoisotopic (exact) mass is 332 g/mol. The van der Waals surface area contributed by atoms with Crippen molar-refractivity contribution >= 4 is 27.3 Å². The van der Waals surface area contributed by atoms with Gasteiger partial charge in [0.15, 0.2) is 9.84 Å². The molecule has 1 N–H and O–H groups in total. The van der Waals surface area contributed by atoms with E-state index in [0.29, 0.717) is 18.8 Å². The zero-order valence-electron chi connectivity index (χ0n) is 12.1. The molecule has 0 amide bonds. The van der Waals surface area contributed by atoms with Crippen LogP contribution in [0.2, 0.25) is 0 Å². The Bertz CT molecular complexity index is 549. The lowest BCUT2D eigenvalue weighted by atomic mass is 10.3. The van der Waals surface area contributed by atoms with Crippen molar-refractivity contribution in [1.29, 1.82) is 0 Å². The smallest absolute Gasteiger partial charge is 0.166 e. The maximum Gasteiger partial charge on any atom is 0.166 e. The van der Waals surface area contributed by atoms with E-state index in [4.69, 9.17) is 0 Å². The molecule has 1 saturated heterocycles. The standard InChI is InChI=1S/C14H21FN2O2S2/c1-2-21(18,19)14-11-20-10-9-17(14)8-7-16-13-5-3-12(15)4-6-13/h3-6,14,16H,2,7-11H2,1H3. The summed E-state index contributed by atoms with van der Waals surface area (Å²) in [7, 11) is -3.04. The number of sulfone groups is 1. The second-order valence-corrected chi connectivity index (χ2v) is 8.55. The molecule has 0 radical (unpaired) electrons. The first-order chi connectivity index (χ1) is 10.0. The average molecular weight is 332 g/mol. The van der Waals surface area contributed by atoms with Crippen LogP contribution in [-0.2, 0) is 9.84 Å². The van der Waals surface area contributed by atoms with E-state index in [1.165, 1.54) is 12.1 Å². The lowest BCUT2D eigenvalue weighted by Gasteiger charge is -2.34. The Kier molecular flexibility index (Phi) is 5.89. The zero-order valence-corrected chi connectivity index (χ0v) is 13.7. The highest BCUT2D eigenvalue weighted by molar-refractivity contribution is 8.01. The van der Waals surface area contributed by atoms with Crippen LogP contribution in [0, 0.1) is 5.82 Å². The van der Waals surface area contributed by atoms with Gasteiger partial charge in [-0.2, -0.15) is 11.8 Å². The van der Waals surface area contributed by atoms with Gasteiger partial charge in [-0.05, 0) is 24.3 Å². The Labute approximate surface area is 130 Å². The maximum atomic E-state index is 12.8. The summed E-state index contributed by atoms with van der Waals surface area (Å²) in [5.74, 6) is 1.53. The second kappa shape index (κ2) is 7.47. The van der Waals surface area contributed by atoms with Crippen molar-refractivity contribution in [1.82, 2.24) is 4.90 Å². The number of anilines is 1. The van der Waals surface area contributed by atoms with Gasteiger partial charge in [0.1, 0.15) is 11.2 Å². The molecule has 1 aromatic rings. The van der Waals surface area contributed by atoms with Crippen LogP contribution in [0.5, 0.6) is 0 Å². The van der Waals surface area contributed by atoms with Gasteiger partial charge in [-0.15, -0.1) is 0 Å². The molecule has 1 aliphatic heterocycles. The third kappa shape index (κ3) is 4.59. The Morgan fingerprint density at radius 3 is 2.76 bits per heavy atom. The largest absolute Gasteiger partial charge is 0.384 e. The highest BCUT2D eigenvalue weighted by Crippen LogP contribution is 2.21. The van der Waals surface area contributed by atoms with Crippen molar-refractivity contribution in [3.05, 3.63) is 30.1 Å². The molecule has 0 bridgehead atoms. The summed E-state index contributed by atoms with van der Waals surface area (Å²) >= 11 is 1.70. The van der Waals surface area contributed by atoms with Crippen molar-refractivity contribution in [2.75, 3.05) is 42.2 Å². The van der Waals surface area contributed by atoms with E-state index in [-0.39, 0.29) is 16.9 Å². The molecule has 0 saturated carbocycles. The fourth-order valence-corrected chi connectivity index (χ4v) is 5.42. The van der Waals surface area contributed by atoms with Gasteiger partial charge in [-0.3, -0.25) is 4.90 Å². The summed E-state index contributed by atoms with van der Waals surface area (Å²) in [6.07, 6.45) is 0. The molecule has 1 unspecified atom stereocenters. The first kappa shape index (κ1) is 16.6. The van der Waals surface area contributed by atoms with Gasteiger partial charge in [0.25, 0.3) is 0 Å². The van der Waals surface area contributed by atoms with Crippen LogP contribution in [0.15, 0.2) is 24.3 Å². The molecule has 118 valence electrons. The van der Waals surface area contributed by atoms with Crippen LogP contribution >= 0.6 is 11.8 Å². The minimum atomic E-state index is -3.04. The first-order valence-corrected chi connectivity index (χ1v) is 9.93. The molecular formula is C14H21FN2O2S2. The van der Waals surface area contributed by atoms with Crippen molar-refractivity contribution in [3.63, 3.8) is 0 Å². The highest BCUT2D eigenvalue weighted by atomic mass is 32.2. The quantitative estimate of drug-likeness (QED) is 0.864. The normalized spacial score (nSPS) is 20.4. The van der Waals surface area contributed by atoms with Crippen molar-refractivity contribution in [2.24, 2.45) is 0 Å². The van der Waals surface area contributed by atoms with Crippen molar-refractivity contribution in [2.45, 2.75) is 12.3 Å². The third-order valence-electron chi connectivity index (χ3n) is 3.58. The summed E-state index contributed by atoms with van der Waals surface area (Å²) in [5.41, 5.74) is 0.845. The molecule has 0 spiro atoms. The van der Waals surface area contributed by atoms with Crippen LogP contribution in [0.25, 0.3) is 0 Å². The molecule has 2 rings (SSSR count). The Morgan fingerprint density at radius 2 is 2.10 bits per heavy atom. The summed E-state index contributed by atoms with van der Waals surface area (Å²) in [4.78, 5) is 2.03. The van der Waals surface area contributed by atoms with E-state index < -0.39 is 9.84 Å². The van der Waals surface area contributed by atoms with Crippen LogP contribution in [0.1, 0.15) is 6.92 Å². The zero-order chi connectivity index (χ0) is 15.3. The summed E-state index contributed by atoms with van der Waals surface area (Å²) < 4.78 is 37.1. The number of hydrogen-bond acceptors (Lipinski definition) is 5. The Morgan fingerprint density at radius 1 is 1.38 bits per heavy atom. The molecule has 1 fully saturated rings. The van der Waals surface area contributed by atoms with Gasteiger partial charge in [0, 0.05) is 42.6 Å². The van der Waals surface area contributed by atoms with Gasteiger partial charge < -0.3 is 5.32 Å². The summed E-state index contributed by atoms with van der Waals surface area (Å²) in [5, 5.41) is 2.82. The van der Waals surface area contributed by atoms with Gasteiger partial charge in [-0.1, -0.05) is 6.92 Å². The Hall–Kier alpha value is -0.790.